The minimum atomic E-state index is -0.0766. The zero-order valence-corrected chi connectivity index (χ0v) is 18.2. The van der Waals surface area contributed by atoms with E-state index < -0.39 is 0 Å². The summed E-state index contributed by atoms with van der Waals surface area (Å²) in [6, 6.07) is 12.2. The molecule has 0 unspecified atom stereocenters. The number of aromatic nitrogens is 5. The Morgan fingerprint density at radius 1 is 1.16 bits per heavy atom. The molecule has 1 aliphatic rings. The summed E-state index contributed by atoms with van der Waals surface area (Å²) in [6.07, 6.45) is 3.50. The van der Waals surface area contributed by atoms with Crippen LogP contribution in [0.2, 0.25) is 0 Å². The Balaban J connectivity index is 1.71. The topological polar surface area (TPSA) is 68.8 Å². The molecule has 0 bridgehead atoms. The molecule has 31 heavy (non-hydrogen) atoms. The molecule has 1 aliphatic heterocycles. The maximum atomic E-state index is 12.6. The molecule has 0 amide bonds. The van der Waals surface area contributed by atoms with Crippen molar-refractivity contribution in [3.8, 4) is 22.5 Å². The van der Waals surface area contributed by atoms with Crippen LogP contribution < -0.4 is 5.56 Å². The molecule has 158 valence electrons. The second-order valence-electron chi connectivity index (χ2n) is 8.42. The fourth-order valence-electron chi connectivity index (χ4n) is 4.34. The van der Waals surface area contributed by atoms with Crippen LogP contribution in [0, 0.1) is 6.92 Å². The highest BCUT2D eigenvalue weighted by atomic mass is 16.1. The predicted octanol–water partition coefficient (Wildman–Crippen LogP) is 3.14. The molecule has 4 aromatic rings. The minimum Gasteiger partial charge on any atom is -0.308 e. The van der Waals surface area contributed by atoms with Crippen molar-refractivity contribution in [2.24, 2.45) is 0 Å². The van der Waals surface area contributed by atoms with Crippen molar-refractivity contribution in [1.29, 1.82) is 0 Å². The van der Waals surface area contributed by atoms with Crippen LogP contribution in [0.3, 0.4) is 0 Å². The number of benzene rings is 1. The molecule has 0 saturated heterocycles. The van der Waals surface area contributed by atoms with Crippen molar-refractivity contribution < 1.29 is 0 Å². The van der Waals surface area contributed by atoms with E-state index >= 15 is 0 Å². The largest absolute Gasteiger partial charge is 0.308 e. The zero-order chi connectivity index (χ0) is 21.5. The van der Waals surface area contributed by atoms with Crippen molar-refractivity contribution in [1.82, 2.24) is 29.2 Å². The van der Waals surface area contributed by atoms with E-state index in [0.717, 1.165) is 65.2 Å². The van der Waals surface area contributed by atoms with Crippen LogP contribution >= 0.6 is 0 Å². The fourth-order valence-corrected chi connectivity index (χ4v) is 4.34. The van der Waals surface area contributed by atoms with Gasteiger partial charge in [0.2, 0.25) is 0 Å². The summed E-state index contributed by atoms with van der Waals surface area (Å²) < 4.78 is 3.93. The molecule has 0 saturated carbocycles. The summed E-state index contributed by atoms with van der Waals surface area (Å²) in [5.74, 6) is 0. The van der Waals surface area contributed by atoms with Gasteiger partial charge in [-0.2, -0.15) is 5.10 Å². The summed E-state index contributed by atoms with van der Waals surface area (Å²) in [6.45, 7) is 4.33. The van der Waals surface area contributed by atoms with Gasteiger partial charge in [-0.1, -0.05) is 12.1 Å². The van der Waals surface area contributed by atoms with Crippen molar-refractivity contribution in [3.05, 3.63) is 64.3 Å². The van der Waals surface area contributed by atoms with Crippen LogP contribution in [-0.2, 0) is 19.5 Å². The van der Waals surface area contributed by atoms with Crippen molar-refractivity contribution in [2.75, 3.05) is 20.6 Å². The molecule has 0 spiro atoms. The Labute approximate surface area is 181 Å². The van der Waals surface area contributed by atoms with E-state index in [2.05, 4.69) is 26.7 Å². The van der Waals surface area contributed by atoms with E-state index in [4.69, 9.17) is 10.1 Å². The lowest BCUT2D eigenvalue weighted by molar-refractivity contribution is 0.384. The Morgan fingerprint density at radius 2 is 2.03 bits per heavy atom. The van der Waals surface area contributed by atoms with E-state index in [0.29, 0.717) is 6.54 Å². The number of hydrogen-bond donors (Lipinski definition) is 0. The van der Waals surface area contributed by atoms with Crippen LogP contribution in [-0.4, -0.2) is 49.9 Å². The van der Waals surface area contributed by atoms with Gasteiger partial charge < -0.3 is 9.47 Å². The molecule has 0 radical (unpaired) electrons. The van der Waals surface area contributed by atoms with Gasteiger partial charge in [-0.25, -0.2) is 4.98 Å². The molecule has 3 aromatic heterocycles. The number of nitrogens with zero attached hydrogens (tertiary/aromatic N) is 6. The van der Waals surface area contributed by atoms with Gasteiger partial charge in [-0.3, -0.25) is 14.5 Å². The molecule has 0 atom stereocenters. The van der Waals surface area contributed by atoms with Crippen LogP contribution in [0.4, 0.5) is 0 Å². The highest BCUT2D eigenvalue weighted by Crippen LogP contribution is 2.37. The number of rotatable bonds is 5. The SMILES string of the molecule is Cc1cccc(-c2nn3c(c2-c2ccc4ncc(=O)n(CCN(C)C)c4c2)CCC3)n1. The van der Waals surface area contributed by atoms with Crippen LogP contribution in [0.1, 0.15) is 17.8 Å². The van der Waals surface area contributed by atoms with Gasteiger partial charge in [0.25, 0.3) is 5.56 Å². The van der Waals surface area contributed by atoms with E-state index in [1.54, 1.807) is 0 Å². The lowest BCUT2D eigenvalue weighted by Crippen LogP contribution is -2.26. The molecule has 7 heteroatoms. The number of hydrogen-bond acceptors (Lipinski definition) is 5. The summed E-state index contributed by atoms with van der Waals surface area (Å²) in [4.78, 5) is 23.8. The number of aryl methyl sites for hydroxylation is 2. The maximum Gasteiger partial charge on any atom is 0.269 e. The van der Waals surface area contributed by atoms with Crippen molar-refractivity contribution in [3.63, 3.8) is 0 Å². The standard InChI is InChI=1S/C24H26N6O/c1-16-6-4-7-19(26-16)24-23(20-8-5-11-30(20)27-24)17-9-10-18-21(14-17)29(13-12-28(2)3)22(31)15-25-18/h4,6-7,9-10,14-15H,5,8,11-13H2,1-3H3. The van der Waals surface area contributed by atoms with Gasteiger partial charge in [0.05, 0.1) is 22.9 Å². The number of likely N-dealkylation sites (N-methyl/N-ethyl adjacent to an activating group) is 1. The molecule has 0 N–H and O–H groups in total. The summed E-state index contributed by atoms with van der Waals surface area (Å²) in [7, 11) is 4.02. The second-order valence-corrected chi connectivity index (χ2v) is 8.42. The molecule has 4 heterocycles. The monoisotopic (exact) mass is 414 g/mol. The van der Waals surface area contributed by atoms with E-state index in [-0.39, 0.29) is 5.56 Å². The van der Waals surface area contributed by atoms with Crippen molar-refractivity contribution in [2.45, 2.75) is 32.9 Å². The smallest absolute Gasteiger partial charge is 0.269 e. The lowest BCUT2D eigenvalue weighted by atomic mass is 9.99. The first-order valence-electron chi connectivity index (χ1n) is 10.7. The molecule has 5 rings (SSSR count). The third kappa shape index (κ3) is 3.55. The van der Waals surface area contributed by atoms with E-state index in [1.165, 1.54) is 11.9 Å². The highest BCUT2D eigenvalue weighted by Gasteiger charge is 2.25. The Morgan fingerprint density at radius 3 is 2.84 bits per heavy atom. The number of pyridine rings is 1. The third-order valence-electron chi connectivity index (χ3n) is 5.88. The molecule has 0 fully saturated rings. The highest BCUT2D eigenvalue weighted by molar-refractivity contribution is 5.87. The Bertz CT molecular complexity index is 1330. The van der Waals surface area contributed by atoms with Crippen LogP contribution in [0.5, 0.6) is 0 Å². The lowest BCUT2D eigenvalue weighted by Gasteiger charge is -2.14. The molecule has 7 nitrogen and oxygen atoms in total. The molecular weight excluding hydrogens is 388 g/mol. The third-order valence-corrected chi connectivity index (χ3v) is 5.88. The average Bonchev–Trinajstić information content (AvgIpc) is 3.34. The Kier molecular flexibility index (Phi) is 4.90. The first-order valence-corrected chi connectivity index (χ1v) is 10.7. The van der Waals surface area contributed by atoms with E-state index in [1.807, 2.05) is 49.9 Å². The van der Waals surface area contributed by atoms with Gasteiger partial charge in [-0.05, 0) is 63.7 Å². The van der Waals surface area contributed by atoms with Crippen LogP contribution in [0.15, 0.2) is 47.4 Å². The first-order chi connectivity index (χ1) is 15.0. The fraction of sp³-hybridized carbons (Fsp3) is 0.333. The number of fused-ring (bicyclic) bond motifs is 2. The zero-order valence-electron chi connectivity index (χ0n) is 18.2. The Hall–Kier alpha value is -3.32. The predicted molar refractivity (Wildman–Crippen MR) is 122 cm³/mol. The van der Waals surface area contributed by atoms with Crippen LogP contribution in [0.25, 0.3) is 33.5 Å². The molecule has 1 aromatic carbocycles. The van der Waals surface area contributed by atoms with Gasteiger partial charge in [0.15, 0.2) is 0 Å². The summed E-state index contributed by atoms with van der Waals surface area (Å²) >= 11 is 0. The van der Waals surface area contributed by atoms with Gasteiger partial charge >= 0.3 is 0 Å². The van der Waals surface area contributed by atoms with Gasteiger partial charge in [0.1, 0.15) is 5.69 Å². The van der Waals surface area contributed by atoms with Gasteiger partial charge in [-0.15, -0.1) is 0 Å². The molecule has 0 aliphatic carbocycles. The van der Waals surface area contributed by atoms with Gasteiger partial charge in [0, 0.05) is 36.6 Å². The quantitative estimate of drug-likeness (QED) is 0.502. The van der Waals surface area contributed by atoms with E-state index in [9.17, 15) is 4.79 Å². The second kappa shape index (κ2) is 7.74. The van der Waals surface area contributed by atoms with Crippen molar-refractivity contribution >= 4 is 11.0 Å². The summed E-state index contributed by atoms with van der Waals surface area (Å²) in [5.41, 5.74) is 7.77. The average molecular weight is 415 g/mol. The maximum absolute atomic E-state index is 12.6. The first kappa shape index (κ1) is 19.6. The normalized spacial score (nSPS) is 13.3. The molecular formula is C24H26N6O. The minimum absolute atomic E-state index is 0.0766. The summed E-state index contributed by atoms with van der Waals surface area (Å²) in [5, 5.41) is 4.92.